The Hall–Kier alpha value is -1.89. The SMILES string of the molecule is CCCCN1CCN(C(=O)[C@@H](N)c2c(C)n[nH]c2C)CC1=O. The Morgan fingerprint density at radius 3 is 2.68 bits per heavy atom. The van der Waals surface area contributed by atoms with Gasteiger partial charge in [0.15, 0.2) is 0 Å². The summed E-state index contributed by atoms with van der Waals surface area (Å²) < 4.78 is 0. The molecule has 22 heavy (non-hydrogen) atoms. The van der Waals surface area contributed by atoms with E-state index >= 15 is 0 Å². The number of amides is 2. The normalized spacial score (nSPS) is 17.0. The molecule has 0 aliphatic carbocycles. The molecule has 1 aromatic rings. The number of aromatic nitrogens is 2. The van der Waals surface area contributed by atoms with Crippen LogP contribution in [0.5, 0.6) is 0 Å². The molecule has 0 radical (unpaired) electrons. The summed E-state index contributed by atoms with van der Waals surface area (Å²) in [6.07, 6.45) is 2.04. The van der Waals surface area contributed by atoms with Crippen LogP contribution in [-0.4, -0.2) is 58.0 Å². The van der Waals surface area contributed by atoms with E-state index in [9.17, 15) is 9.59 Å². The largest absolute Gasteiger partial charge is 0.339 e. The number of rotatable bonds is 5. The Morgan fingerprint density at radius 2 is 2.14 bits per heavy atom. The summed E-state index contributed by atoms with van der Waals surface area (Å²) in [7, 11) is 0. The maximum Gasteiger partial charge on any atom is 0.244 e. The number of nitrogens with one attached hydrogen (secondary N) is 1. The van der Waals surface area contributed by atoms with Gasteiger partial charge in [0.1, 0.15) is 6.04 Å². The number of nitrogens with two attached hydrogens (primary N) is 1. The monoisotopic (exact) mass is 307 g/mol. The Bertz CT molecular complexity index is 535. The van der Waals surface area contributed by atoms with E-state index in [1.807, 2.05) is 18.7 Å². The summed E-state index contributed by atoms with van der Waals surface area (Å²) >= 11 is 0. The van der Waals surface area contributed by atoms with Gasteiger partial charge in [0.05, 0.1) is 12.2 Å². The summed E-state index contributed by atoms with van der Waals surface area (Å²) in [6, 6.07) is -0.770. The van der Waals surface area contributed by atoms with Crippen LogP contribution in [0.1, 0.15) is 42.8 Å². The molecule has 2 rings (SSSR count). The molecule has 1 aliphatic rings. The number of nitrogens with zero attached hydrogens (tertiary/aromatic N) is 3. The van der Waals surface area contributed by atoms with E-state index in [1.54, 1.807) is 4.90 Å². The van der Waals surface area contributed by atoms with Crippen LogP contribution in [0.3, 0.4) is 0 Å². The first kappa shape index (κ1) is 16.5. The van der Waals surface area contributed by atoms with Gasteiger partial charge in [-0.2, -0.15) is 5.10 Å². The summed E-state index contributed by atoms with van der Waals surface area (Å²) in [4.78, 5) is 28.1. The van der Waals surface area contributed by atoms with E-state index in [-0.39, 0.29) is 18.4 Å². The predicted molar refractivity (Wildman–Crippen MR) is 83.1 cm³/mol. The highest BCUT2D eigenvalue weighted by atomic mass is 16.2. The number of aryl methyl sites for hydroxylation is 2. The van der Waals surface area contributed by atoms with Gasteiger partial charge < -0.3 is 15.5 Å². The smallest absolute Gasteiger partial charge is 0.244 e. The van der Waals surface area contributed by atoms with E-state index in [1.165, 1.54) is 0 Å². The van der Waals surface area contributed by atoms with Crippen LogP contribution in [0.25, 0.3) is 0 Å². The second-order valence-electron chi connectivity index (χ2n) is 5.82. The lowest BCUT2D eigenvalue weighted by Gasteiger charge is -2.35. The van der Waals surface area contributed by atoms with Gasteiger partial charge in [-0.05, 0) is 20.3 Å². The molecule has 1 saturated heterocycles. The first-order valence-corrected chi connectivity index (χ1v) is 7.79. The number of H-pyrrole nitrogens is 1. The first-order chi connectivity index (χ1) is 10.5. The minimum Gasteiger partial charge on any atom is -0.339 e. The van der Waals surface area contributed by atoms with Crippen molar-refractivity contribution in [3.05, 3.63) is 17.0 Å². The van der Waals surface area contributed by atoms with E-state index in [4.69, 9.17) is 5.73 Å². The maximum absolute atomic E-state index is 12.6. The molecule has 7 nitrogen and oxygen atoms in total. The molecule has 0 spiro atoms. The predicted octanol–water partition coefficient (Wildman–Crippen LogP) is 0.497. The molecule has 0 aromatic carbocycles. The summed E-state index contributed by atoms with van der Waals surface area (Å²) in [5.74, 6) is -0.211. The lowest BCUT2D eigenvalue weighted by atomic mass is 10.0. The average molecular weight is 307 g/mol. The number of hydrogen-bond donors (Lipinski definition) is 2. The highest BCUT2D eigenvalue weighted by Crippen LogP contribution is 2.20. The van der Waals surface area contributed by atoms with Crippen LogP contribution in [0.15, 0.2) is 0 Å². The molecule has 3 N–H and O–H groups in total. The fourth-order valence-corrected chi connectivity index (χ4v) is 2.82. The topological polar surface area (TPSA) is 95.3 Å². The van der Waals surface area contributed by atoms with Gasteiger partial charge >= 0.3 is 0 Å². The molecule has 0 bridgehead atoms. The minimum atomic E-state index is -0.770. The highest BCUT2D eigenvalue weighted by molar-refractivity contribution is 5.89. The van der Waals surface area contributed by atoms with E-state index in [0.717, 1.165) is 36.3 Å². The van der Waals surface area contributed by atoms with Gasteiger partial charge in [-0.25, -0.2) is 0 Å². The Kier molecular flexibility index (Phi) is 5.18. The van der Waals surface area contributed by atoms with E-state index < -0.39 is 6.04 Å². The highest BCUT2D eigenvalue weighted by Gasteiger charge is 2.31. The number of carbonyl (C=O) groups is 2. The standard InChI is InChI=1S/C15H25N5O2/c1-4-5-6-19-7-8-20(9-12(19)21)15(22)14(16)13-10(2)17-18-11(13)3/h14H,4-9,16H2,1-3H3,(H,17,18)/t14-/m0/s1. The lowest BCUT2D eigenvalue weighted by Crippen LogP contribution is -2.54. The van der Waals surface area contributed by atoms with Crippen molar-refractivity contribution < 1.29 is 9.59 Å². The maximum atomic E-state index is 12.6. The molecule has 122 valence electrons. The number of unbranched alkanes of at least 4 members (excludes halogenated alkanes) is 1. The molecule has 2 amide bonds. The summed E-state index contributed by atoms with van der Waals surface area (Å²) in [5, 5.41) is 6.91. The fourth-order valence-electron chi connectivity index (χ4n) is 2.82. The van der Waals surface area contributed by atoms with Gasteiger partial charge in [-0.15, -0.1) is 0 Å². The molecule has 0 unspecified atom stereocenters. The Balaban J connectivity index is 2.01. The van der Waals surface area contributed by atoms with E-state index in [2.05, 4.69) is 17.1 Å². The zero-order valence-electron chi connectivity index (χ0n) is 13.6. The van der Waals surface area contributed by atoms with Crippen molar-refractivity contribution in [2.75, 3.05) is 26.2 Å². The average Bonchev–Trinajstić information content (AvgIpc) is 2.83. The zero-order chi connectivity index (χ0) is 16.3. The number of carbonyl (C=O) groups excluding carboxylic acids is 2. The van der Waals surface area contributed by atoms with Gasteiger partial charge in [-0.3, -0.25) is 14.7 Å². The molecule has 7 heteroatoms. The lowest BCUT2D eigenvalue weighted by molar-refractivity contribution is -0.146. The number of hydrogen-bond acceptors (Lipinski definition) is 4. The molecular formula is C15H25N5O2. The van der Waals surface area contributed by atoms with Gasteiger partial charge in [-0.1, -0.05) is 13.3 Å². The second-order valence-corrected chi connectivity index (χ2v) is 5.82. The number of aromatic amines is 1. The summed E-state index contributed by atoms with van der Waals surface area (Å²) in [5.41, 5.74) is 8.35. The first-order valence-electron chi connectivity index (χ1n) is 7.79. The Morgan fingerprint density at radius 1 is 1.41 bits per heavy atom. The van der Waals surface area contributed by atoms with Gasteiger partial charge in [0.2, 0.25) is 11.8 Å². The van der Waals surface area contributed by atoms with Crippen LogP contribution in [0, 0.1) is 13.8 Å². The van der Waals surface area contributed by atoms with Crippen LogP contribution < -0.4 is 5.73 Å². The third-order valence-electron chi connectivity index (χ3n) is 4.17. The summed E-state index contributed by atoms with van der Waals surface area (Å²) in [6.45, 7) is 7.77. The number of piperazine rings is 1. The van der Waals surface area contributed by atoms with Crippen LogP contribution in [-0.2, 0) is 9.59 Å². The molecule has 1 atom stereocenters. The van der Waals surface area contributed by atoms with Crippen molar-refractivity contribution >= 4 is 11.8 Å². The van der Waals surface area contributed by atoms with Crippen molar-refractivity contribution in [1.82, 2.24) is 20.0 Å². The molecule has 1 fully saturated rings. The van der Waals surface area contributed by atoms with Gasteiger partial charge in [0, 0.05) is 30.9 Å². The molecule has 0 saturated carbocycles. The van der Waals surface area contributed by atoms with E-state index in [0.29, 0.717) is 13.1 Å². The third-order valence-corrected chi connectivity index (χ3v) is 4.17. The zero-order valence-corrected chi connectivity index (χ0v) is 13.6. The van der Waals surface area contributed by atoms with Crippen LogP contribution >= 0.6 is 0 Å². The molecule has 1 aliphatic heterocycles. The molecular weight excluding hydrogens is 282 g/mol. The Labute approximate surface area is 130 Å². The van der Waals surface area contributed by atoms with Crippen LogP contribution in [0.2, 0.25) is 0 Å². The van der Waals surface area contributed by atoms with Crippen molar-refractivity contribution in [3.8, 4) is 0 Å². The van der Waals surface area contributed by atoms with Crippen molar-refractivity contribution in [2.24, 2.45) is 5.73 Å². The minimum absolute atomic E-state index is 0.000822. The molecule has 1 aromatic heterocycles. The van der Waals surface area contributed by atoms with Gasteiger partial charge in [0.25, 0.3) is 0 Å². The van der Waals surface area contributed by atoms with Crippen molar-refractivity contribution in [2.45, 2.75) is 39.7 Å². The fraction of sp³-hybridized carbons (Fsp3) is 0.667. The van der Waals surface area contributed by atoms with Crippen molar-refractivity contribution in [3.63, 3.8) is 0 Å². The second kappa shape index (κ2) is 6.91. The quantitative estimate of drug-likeness (QED) is 0.828. The van der Waals surface area contributed by atoms with Crippen molar-refractivity contribution in [1.29, 1.82) is 0 Å². The van der Waals surface area contributed by atoms with Crippen LogP contribution in [0.4, 0.5) is 0 Å². The molecule has 2 heterocycles. The third kappa shape index (κ3) is 3.30.